The van der Waals surface area contributed by atoms with Crippen molar-refractivity contribution in [2.24, 2.45) is 0 Å². The minimum Gasteiger partial charge on any atom is -0.376 e. The number of aryl methyl sites for hydroxylation is 1. The number of hydrogen-bond acceptors (Lipinski definition) is 6. The van der Waals surface area contributed by atoms with E-state index >= 15 is 0 Å². The van der Waals surface area contributed by atoms with Gasteiger partial charge in [0.1, 0.15) is 0 Å². The molecule has 1 aliphatic rings. The Labute approximate surface area is 211 Å². The lowest BCUT2D eigenvalue weighted by atomic mass is 10.1. The normalized spacial score (nSPS) is 16.7. The first-order valence-corrected chi connectivity index (χ1v) is 12.9. The lowest BCUT2D eigenvalue weighted by Crippen LogP contribution is -2.34. The average molecular weight is 487 g/mol. The molecule has 0 radical (unpaired) electrons. The summed E-state index contributed by atoms with van der Waals surface area (Å²) in [6.07, 6.45) is 3.95. The second-order valence-corrected chi connectivity index (χ2v) is 9.65. The fourth-order valence-corrected chi connectivity index (χ4v) is 5.19. The topological polar surface area (TPSA) is 88.9 Å². The molecule has 3 heterocycles. The van der Waals surface area contributed by atoms with Crippen molar-refractivity contribution in [2.45, 2.75) is 64.8 Å². The SMILES string of the molecule is CC[C@H](c1nnnn1C[C@H]1CCCO1)N(CCc1ccccc1)Cc1cc2cccc(C)c2[nH]c1=O. The minimum atomic E-state index is -0.0460. The summed E-state index contributed by atoms with van der Waals surface area (Å²) in [5.41, 5.74) is 3.93. The van der Waals surface area contributed by atoms with Gasteiger partial charge in [0.05, 0.1) is 24.2 Å². The van der Waals surface area contributed by atoms with Crippen molar-refractivity contribution in [3.63, 3.8) is 0 Å². The number of H-pyrrole nitrogens is 1. The number of aromatic amines is 1. The van der Waals surface area contributed by atoms with Gasteiger partial charge in [0.15, 0.2) is 5.82 Å². The number of fused-ring (bicyclic) bond motifs is 1. The lowest BCUT2D eigenvalue weighted by Gasteiger charge is -2.30. The third kappa shape index (κ3) is 5.39. The molecular weight excluding hydrogens is 452 g/mol. The van der Waals surface area contributed by atoms with Crippen molar-refractivity contribution in [2.75, 3.05) is 13.2 Å². The Balaban J connectivity index is 1.46. The van der Waals surface area contributed by atoms with Gasteiger partial charge in [0.25, 0.3) is 5.56 Å². The number of aromatic nitrogens is 5. The number of benzene rings is 2. The number of para-hydroxylation sites is 1. The standard InChI is InChI=1S/C28H34N6O2/c1-3-25(27-30-31-32-34(27)19-24-13-8-16-36-24)33(15-14-21-10-5-4-6-11-21)18-23-17-22-12-7-9-20(2)26(22)29-28(23)35/h4-7,9-12,17,24-25H,3,8,13-16,18-19H2,1-2H3,(H,29,35)/t24-,25-/m1/s1. The zero-order valence-corrected chi connectivity index (χ0v) is 21.1. The fourth-order valence-electron chi connectivity index (χ4n) is 5.19. The maximum Gasteiger partial charge on any atom is 0.252 e. The molecule has 1 aliphatic heterocycles. The third-order valence-corrected chi connectivity index (χ3v) is 7.15. The third-order valence-electron chi connectivity index (χ3n) is 7.15. The first kappa shape index (κ1) is 24.3. The molecule has 36 heavy (non-hydrogen) atoms. The number of nitrogens with zero attached hydrogens (tertiary/aromatic N) is 5. The van der Waals surface area contributed by atoms with E-state index in [0.717, 1.165) is 66.7 Å². The van der Waals surface area contributed by atoms with E-state index < -0.39 is 0 Å². The molecule has 2 atom stereocenters. The van der Waals surface area contributed by atoms with Crippen LogP contribution in [0.25, 0.3) is 10.9 Å². The van der Waals surface area contributed by atoms with Gasteiger partial charge in [0, 0.05) is 25.3 Å². The van der Waals surface area contributed by atoms with Crippen LogP contribution in [0.2, 0.25) is 0 Å². The predicted molar refractivity (Wildman–Crippen MR) is 140 cm³/mol. The summed E-state index contributed by atoms with van der Waals surface area (Å²) in [5, 5.41) is 13.8. The van der Waals surface area contributed by atoms with Gasteiger partial charge in [-0.15, -0.1) is 5.10 Å². The van der Waals surface area contributed by atoms with Crippen LogP contribution in [-0.4, -0.2) is 49.3 Å². The fraction of sp³-hybridized carbons (Fsp3) is 0.429. The van der Waals surface area contributed by atoms with Gasteiger partial charge >= 0.3 is 0 Å². The molecule has 0 amide bonds. The Morgan fingerprint density at radius 2 is 2.06 bits per heavy atom. The number of hydrogen-bond donors (Lipinski definition) is 1. The molecule has 0 bridgehead atoms. The molecule has 0 unspecified atom stereocenters. The van der Waals surface area contributed by atoms with Crippen LogP contribution in [0.15, 0.2) is 59.4 Å². The van der Waals surface area contributed by atoms with Crippen LogP contribution in [0.3, 0.4) is 0 Å². The molecule has 188 valence electrons. The van der Waals surface area contributed by atoms with Gasteiger partial charge in [-0.3, -0.25) is 9.69 Å². The first-order chi connectivity index (χ1) is 17.6. The summed E-state index contributed by atoms with van der Waals surface area (Å²) < 4.78 is 7.74. The highest BCUT2D eigenvalue weighted by Gasteiger charge is 2.27. The second-order valence-electron chi connectivity index (χ2n) is 9.65. The van der Waals surface area contributed by atoms with Gasteiger partial charge in [-0.1, -0.05) is 55.5 Å². The molecule has 0 spiro atoms. The van der Waals surface area contributed by atoms with Crippen LogP contribution >= 0.6 is 0 Å². The monoisotopic (exact) mass is 486 g/mol. The number of rotatable bonds is 10. The van der Waals surface area contributed by atoms with E-state index in [1.54, 1.807) is 0 Å². The molecule has 1 N–H and O–H groups in total. The first-order valence-electron chi connectivity index (χ1n) is 12.9. The zero-order chi connectivity index (χ0) is 24.9. The smallest absolute Gasteiger partial charge is 0.252 e. The lowest BCUT2D eigenvalue weighted by molar-refractivity contribution is 0.0893. The summed E-state index contributed by atoms with van der Waals surface area (Å²) in [6, 6.07) is 18.5. The van der Waals surface area contributed by atoms with Gasteiger partial charge in [-0.25, -0.2) is 4.68 Å². The van der Waals surface area contributed by atoms with E-state index in [9.17, 15) is 4.79 Å². The van der Waals surface area contributed by atoms with Gasteiger partial charge in [-0.05, 0) is 65.6 Å². The molecule has 8 heteroatoms. The van der Waals surface area contributed by atoms with E-state index in [0.29, 0.717) is 13.1 Å². The van der Waals surface area contributed by atoms with Crippen molar-refractivity contribution in [3.05, 3.63) is 87.5 Å². The zero-order valence-electron chi connectivity index (χ0n) is 21.1. The van der Waals surface area contributed by atoms with Gasteiger partial charge in [-0.2, -0.15) is 0 Å². The summed E-state index contributed by atoms with van der Waals surface area (Å²) in [6.45, 7) is 6.91. The highest BCUT2D eigenvalue weighted by molar-refractivity contribution is 5.81. The Morgan fingerprint density at radius 1 is 1.19 bits per heavy atom. The van der Waals surface area contributed by atoms with E-state index in [2.05, 4.69) is 62.7 Å². The second kappa shape index (κ2) is 11.1. The molecule has 2 aromatic carbocycles. The highest BCUT2D eigenvalue weighted by Crippen LogP contribution is 2.26. The maximum absolute atomic E-state index is 13.1. The molecule has 2 aromatic heterocycles. The number of ether oxygens (including phenoxy) is 1. The van der Waals surface area contributed by atoms with Crippen LogP contribution in [0, 0.1) is 6.92 Å². The van der Waals surface area contributed by atoms with Crippen molar-refractivity contribution < 1.29 is 4.74 Å². The van der Waals surface area contributed by atoms with Gasteiger partial charge < -0.3 is 9.72 Å². The average Bonchev–Trinajstić information content (AvgIpc) is 3.57. The van der Waals surface area contributed by atoms with Crippen LogP contribution < -0.4 is 5.56 Å². The summed E-state index contributed by atoms with van der Waals surface area (Å²) in [5.74, 6) is 0.828. The number of nitrogens with one attached hydrogen (secondary N) is 1. The van der Waals surface area contributed by atoms with Crippen LogP contribution in [0.4, 0.5) is 0 Å². The molecule has 0 aliphatic carbocycles. The molecule has 1 saturated heterocycles. The Morgan fingerprint density at radius 3 is 2.83 bits per heavy atom. The molecular formula is C28H34N6O2. The summed E-state index contributed by atoms with van der Waals surface area (Å²) in [4.78, 5) is 18.6. The molecule has 8 nitrogen and oxygen atoms in total. The van der Waals surface area contributed by atoms with E-state index in [1.165, 1.54) is 5.56 Å². The van der Waals surface area contributed by atoms with Crippen molar-refractivity contribution in [1.82, 2.24) is 30.1 Å². The van der Waals surface area contributed by atoms with Crippen molar-refractivity contribution in [1.29, 1.82) is 0 Å². The predicted octanol–water partition coefficient (Wildman–Crippen LogP) is 4.20. The summed E-state index contributed by atoms with van der Waals surface area (Å²) >= 11 is 0. The Bertz CT molecular complexity index is 1340. The Kier molecular flexibility index (Phi) is 7.53. The van der Waals surface area contributed by atoms with Crippen LogP contribution in [0.5, 0.6) is 0 Å². The number of tetrazole rings is 1. The van der Waals surface area contributed by atoms with Crippen LogP contribution in [0.1, 0.15) is 54.7 Å². The van der Waals surface area contributed by atoms with E-state index in [4.69, 9.17) is 4.74 Å². The largest absolute Gasteiger partial charge is 0.376 e. The maximum atomic E-state index is 13.1. The van der Waals surface area contributed by atoms with Crippen molar-refractivity contribution in [3.8, 4) is 0 Å². The van der Waals surface area contributed by atoms with Crippen LogP contribution in [-0.2, 0) is 24.2 Å². The summed E-state index contributed by atoms with van der Waals surface area (Å²) in [7, 11) is 0. The van der Waals surface area contributed by atoms with Gasteiger partial charge in [0.2, 0.25) is 0 Å². The quantitative estimate of drug-likeness (QED) is 0.361. The minimum absolute atomic E-state index is 0.0299. The van der Waals surface area contributed by atoms with E-state index in [-0.39, 0.29) is 17.7 Å². The number of pyridine rings is 1. The molecule has 5 rings (SSSR count). The molecule has 4 aromatic rings. The molecule has 1 fully saturated rings. The van der Waals surface area contributed by atoms with Crippen molar-refractivity contribution >= 4 is 10.9 Å². The highest BCUT2D eigenvalue weighted by atomic mass is 16.5. The Hall–Kier alpha value is -3.36. The van der Waals surface area contributed by atoms with E-state index in [1.807, 2.05) is 35.9 Å². The molecule has 0 saturated carbocycles.